The minimum Gasteiger partial charge on any atom is -0.315 e. The summed E-state index contributed by atoms with van der Waals surface area (Å²) in [5.74, 6) is 0.154. The lowest BCUT2D eigenvalue weighted by molar-refractivity contribution is -0.138. The van der Waals surface area contributed by atoms with Crippen LogP contribution in [0.1, 0.15) is 11.3 Å². The number of pyridine rings is 1. The van der Waals surface area contributed by atoms with Gasteiger partial charge in [-0.25, -0.2) is 9.97 Å². The molecule has 0 radical (unpaired) electrons. The molecule has 0 aliphatic heterocycles. The zero-order chi connectivity index (χ0) is 14.2. The lowest BCUT2D eigenvalue weighted by Crippen LogP contribution is -2.28. The first-order chi connectivity index (χ1) is 8.82. The van der Waals surface area contributed by atoms with Gasteiger partial charge in [-0.2, -0.15) is 13.2 Å². The second-order valence-corrected chi connectivity index (χ2v) is 3.99. The van der Waals surface area contributed by atoms with Crippen molar-refractivity contribution < 1.29 is 13.2 Å². The van der Waals surface area contributed by atoms with Gasteiger partial charge in [-0.15, -0.1) is 0 Å². The molecular weight excluding hydrogens is 259 g/mol. The van der Waals surface area contributed by atoms with Crippen LogP contribution >= 0.6 is 0 Å². The third-order valence-corrected chi connectivity index (χ3v) is 2.83. The van der Waals surface area contributed by atoms with E-state index in [1.54, 1.807) is 13.0 Å². The van der Waals surface area contributed by atoms with Crippen molar-refractivity contribution in [1.82, 2.24) is 14.5 Å². The van der Waals surface area contributed by atoms with Gasteiger partial charge in [0, 0.05) is 30.7 Å². The molecule has 2 heterocycles. The SMILES string of the molecule is Cc1c(-c2ncccn2)cc(C(F)(F)F)c(=O)n1C. The third kappa shape index (κ3) is 2.35. The molecular formula is C12H10F3N3O. The lowest BCUT2D eigenvalue weighted by atomic mass is 10.1. The summed E-state index contributed by atoms with van der Waals surface area (Å²) >= 11 is 0. The van der Waals surface area contributed by atoms with E-state index in [-0.39, 0.29) is 11.4 Å². The van der Waals surface area contributed by atoms with Crippen LogP contribution in [-0.2, 0) is 13.2 Å². The number of aromatic nitrogens is 3. The Hall–Kier alpha value is -2.18. The summed E-state index contributed by atoms with van der Waals surface area (Å²) in [5, 5.41) is 0. The van der Waals surface area contributed by atoms with E-state index in [0.717, 1.165) is 10.6 Å². The van der Waals surface area contributed by atoms with Crippen molar-refractivity contribution in [1.29, 1.82) is 0 Å². The van der Waals surface area contributed by atoms with Crippen LogP contribution in [0.2, 0.25) is 0 Å². The first-order valence-electron chi connectivity index (χ1n) is 5.37. The van der Waals surface area contributed by atoms with Crippen molar-refractivity contribution in [3.05, 3.63) is 46.1 Å². The summed E-state index contributed by atoms with van der Waals surface area (Å²) in [7, 11) is 1.29. The molecule has 0 amide bonds. The number of alkyl halides is 3. The zero-order valence-corrected chi connectivity index (χ0v) is 10.2. The molecule has 0 saturated heterocycles. The van der Waals surface area contributed by atoms with E-state index in [0.29, 0.717) is 5.69 Å². The maximum absolute atomic E-state index is 12.8. The summed E-state index contributed by atoms with van der Waals surface area (Å²) in [6, 6.07) is 2.36. The third-order valence-electron chi connectivity index (χ3n) is 2.83. The highest BCUT2D eigenvalue weighted by atomic mass is 19.4. The molecule has 0 fully saturated rings. The Kier molecular flexibility index (Phi) is 3.13. The average Bonchev–Trinajstić information content (AvgIpc) is 2.36. The van der Waals surface area contributed by atoms with E-state index < -0.39 is 17.3 Å². The minimum atomic E-state index is -4.70. The summed E-state index contributed by atoms with van der Waals surface area (Å²) < 4.78 is 39.4. The fourth-order valence-electron chi connectivity index (χ4n) is 1.69. The van der Waals surface area contributed by atoms with Crippen molar-refractivity contribution in [3.63, 3.8) is 0 Å². The highest BCUT2D eigenvalue weighted by molar-refractivity contribution is 5.59. The molecule has 0 unspecified atom stereocenters. The van der Waals surface area contributed by atoms with Gasteiger partial charge in [0.2, 0.25) is 0 Å². The molecule has 0 aromatic carbocycles. The largest absolute Gasteiger partial charge is 0.421 e. The van der Waals surface area contributed by atoms with E-state index in [1.165, 1.54) is 19.4 Å². The van der Waals surface area contributed by atoms with E-state index in [9.17, 15) is 18.0 Å². The van der Waals surface area contributed by atoms with Gasteiger partial charge >= 0.3 is 6.18 Å². The molecule has 19 heavy (non-hydrogen) atoms. The van der Waals surface area contributed by atoms with Crippen LogP contribution in [0.5, 0.6) is 0 Å². The Bertz CT molecular complexity index is 662. The van der Waals surface area contributed by atoms with Gasteiger partial charge in [0.1, 0.15) is 5.56 Å². The maximum atomic E-state index is 12.8. The average molecular weight is 269 g/mol. The number of halogens is 3. The molecule has 100 valence electrons. The molecule has 0 N–H and O–H groups in total. The van der Waals surface area contributed by atoms with E-state index in [4.69, 9.17) is 0 Å². The van der Waals surface area contributed by atoms with Crippen LogP contribution in [-0.4, -0.2) is 14.5 Å². The second-order valence-electron chi connectivity index (χ2n) is 3.99. The quantitative estimate of drug-likeness (QED) is 0.797. The van der Waals surface area contributed by atoms with Crippen molar-refractivity contribution in [2.24, 2.45) is 7.05 Å². The highest BCUT2D eigenvalue weighted by Gasteiger charge is 2.35. The fourth-order valence-corrected chi connectivity index (χ4v) is 1.69. The fraction of sp³-hybridized carbons (Fsp3) is 0.250. The number of hydrogen-bond acceptors (Lipinski definition) is 3. The van der Waals surface area contributed by atoms with Crippen molar-refractivity contribution >= 4 is 0 Å². The van der Waals surface area contributed by atoms with Crippen LogP contribution in [0, 0.1) is 6.92 Å². The molecule has 7 heteroatoms. The summed E-state index contributed by atoms with van der Waals surface area (Å²) in [5.41, 5.74) is -1.73. The van der Waals surface area contributed by atoms with Crippen LogP contribution in [0.4, 0.5) is 13.2 Å². The van der Waals surface area contributed by atoms with Gasteiger partial charge in [0.25, 0.3) is 5.56 Å². The lowest BCUT2D eigenvalue weighted by Gasteiger charge is -2.13. The van der Waals surface area contributed by atoms with Crippen LogP contribution in [0.3, 0.4) is 0 Å². The first-order valence-corrected chi connectivity index (χ1v) is 5.37. The van der Waals surface area contributed by atoms with Crippen molar-refractivity contribution in [3.8, 4) is 11.4 Å². The Morgan fingerprint density at radius 1 is 1.21 bits per heavy atom. The molecule has 0 bridgehead atoms. The normalized spacial score (nSPS) is 11.6. The number of nitrogens with zero attached hydrogens (tertiary/aromatic N) is 3. The molecule has 2 aromatic heterocycles. The van der Waals surface area contributed by atoms with Gasteiger partial charge in [0.05, 0.1) is 0 Å². The van der Waals surface area contributed by atoms with Gasteiger partial charge < -0.3 is 4.57 Å². The molecule has 2 aromatic rings. The van der Waals surface area contributed by atoms with Crippen LogP contribution in [0.25, 0.3) is 11.4 Å². The van der Waals surface area contributed by atoms with Gasteiger partial charge in [-0.1, -0.05) is 0 Å². The highest BCUT2D eigenvalue weighted by Crippen LogP contribution is 2.30. The van der Waals surface area contributed by atoms with Crippen molar-refractivity contribution in [2.45, 2.75) is 13.1 Å². The molecule has 0 atom stereocenters. The van der Waals surface area contributed by atoms with E-state index in [2.05, 4.69) is 9.97 Å². The Labute approximate surface area is 106 Å². The molecule has 4 nitrogen and oxygen atoms in total. The molecule has 0 saturated carbocycles. The van der Waals surface area contributed by atoms with E-state index >= 15 is 0 Å². The first kappa shape index (κ1) is 13.3. The smallest absolute Gasteiger partial charge is 0.315 e. The van der Waals surface area contributed by atoms with Gasteiger partial charge in [0.15, 0.2) is 5.82 Å². The maximum Gasteiger partial charge on any atom is 0.421 e. The minimum absolute atomic E-state index is 0.154. The summed E-state index contributed by atoms with van der Waals surface area (Å²) in [4.78, 5) is 19.4. The predicted molar refractivity (Wildman–Crippen MR) is 62.4 cm³/mol. The Balaban J connectivity index is 2.77. The number of hydrogen-bond donors (Lipinski definition) is 0. The Morgan fingerprint density at radius 3 is 2.32 bits per heavy atom. The zero-order valence-electron chi connectivity index (χ0n) is 10.2. The molecule has 0 spiro atoms. The standard InChI is InChI=1S/C12H10F3N3O/c1-7-8(10-16-4-3-5-17-10)6-9(12(13,14)15)11(19)18(7)2/h3-6H,1-2H3. The summed E-state index contributed by atoms with van der Waals surface area (Å²) in [6.07, 6.45) is -1.84. The Morgan fingerprint density at radius 2 is 1.79 bits per heavy atom. The van der Waals surface area contributed by atoms with E-state index in [1.807, 2.05) is 0 Å². The predicted octanol–water partition coefficient (Wildman–Crippen LogP) is 2.17. The topological polar surface area (TPSA) is 47.8 Å². The molecule has 2 rings (SSSR count). The van der Waals surface area contributed by atoms with Crippen LogP contribution in [0.15, 0.2) is 29.3 Å². The van der Waals surface area contributed by atoms with Crippen molar-refractivity contribution in [2.75, 3.05) is 0 Å². The molecule has 0 aliphatic rings. The summed E-state index contributed by atoms with van der Waals surface area (Å²) in [6.45, 7) is 1.55. The second kappa shape index (κ2) is 4.49. The van der Waals surface area contributed by atoms with Crippen LogP contribution < -0.4 is 5.56 Å². The number of rotatable bonds is 1. The van der Waals surface area contributed by atoms with Gasteiger partial charge in [-0.05, 0) is 19.1 Å². The van der Waals surface area contributed by atoms with Gasteiger partial charge in [-0.3, -0.25) is 4.79 Å². The molecule has 0 aliphatic carbocycles. The monoisotopic (exact) mass is 269 g/mol.